The van der Waals surface area contributed by atoms with Gasteiger partial charge in [0.05, 0.1) is 11.1 Å². The molecule has 2 heterocycles. The van der Waals surface area contributed by atoms with E-state index in [0.717, 1.165) is 17.6 Å². The molecule has 1 aliphatic heterocycles. The minimum absolute atomic E-state index is 0.228. The zero-order valence-corrected chi connectivity index (χ0v) is 15.9. The molecule has 0 bridgehead atoms. The molecule has 8 heteroatoms. The van der Waals surface area contributed by atoms with Crippen LogP contribution in [0.1, 0.15) is 28.8 Å². The molecule has 1 N–H and O–H groups in total. The monoisotopic (exact) mass is 416 g/mol. The summed E-state index contributed by atoms with van der Waals surface area (Å²) < 4.78 is 43.7. The van der Waals surface area contributed by atoms with Crippen LogP contribution >= 0.6 is 0 Å². The summed E-state index contributed by atoms with van der Waals surface area (Å²) in [6.45, 7) is 0.691. The number of ketones is 1. The number of aromatic amines is 1. The smallest absolute Gasteiger partial charge is 0.416 e. The lowest BCUT2D eigenvalue weighted by Gasteiger charge is -2.31. The second kappa shape index (κ2) is 7.85. The summed E-state index contributed by atoms with van der Waals surface area (Å²) in [6.07, 6.45) is -2.08. The lowest BCUT2D eigenvalue weighted by molar-refractivity contribution is -0.137. The largest absolute Gasteiger partial charge is 0.490 e. The first-order valence-electron chi connectivity index (χ1n) is 9.56. The summed E-state index contributed by atoms with van der Waals surface area (Å²) in [4.78, 5) is 29.8. The maximum atomic E-state index is 12.7. The molecule has 0 radical (unpaired) electrons. The predicted molar refractivity (Wildman–Crippen MR) is 104 cm³/mol. The van der Waals surface area contributed by atoms with Gasteiger partial charge in [-0.15, -0.1) is 0 Å². The molecule has 0 aliphatic carbocycles. The molecule has 3 aromatic rings. The van der Waals surface area contributed by atoms with Gasteiger partial charge < -0.3 is 14.6 Å². The topological polar surface area (TPSA) is 62.4 Å². The molecule has 1 amide bonds. The van der Waals surface area contributed by atoms with E-state index < -0.39 is 23.4 Å². The van der Waals surface area contributed by atoms with Crippen LogP contribution in [0.2, 0.25) is 0 Å². The average Bonchev–Trinajstić information content (AvgIpc) is 3.17. The van der Waals surface area contributed by atoms with Gasteiger partial charge in [-0.3, -0.25) is 9.59 Å². The minimum Gasteiger partial charge on any atom is -0.490 e. The van der Waals surface area contributed by atoms with Gasteiger partial charge in [-0.2, -0.15) is 13.2 Å². The van der Waals surface area contributed by atoms with E-state index in [2.05, 4.69) is 4.98 Å². The van der Waals surface area contributed by atoms with Crippen molar-refractivity contribution in [2.45, 2.75) is 25.1 Å². The van der Waals surface area contributed by atoms with Crippen molar-refractivity contribution < 1.29 is 27.5 Å². The minimum atomic E-state index is -4.39. The number of Topliss-reactive ketones (excluding diaryl/α,β-unsaturated/α-hetero) is 1. The van der Waals surface area contributed by atoms with Gasteiger partial charge >= 0.3 is 6.18 Å². The number of halogens is 3. The number of rotatable bonds is 4. The molecular formula is C22H19F3N2O3. The molecular weight excluding hydrogens is 397 g/mol. The van der Waals surface area contributed by atoms with Gasteiger partial charge in [-0.05, 0) is 30.3 Å². The Hall–Kier alpha value is -3.29. The molecule has 5 nitrogen and oxygen atoms in total. The predicted octanol–water partition coefficient (Wildman–Crippen LogP) is 4.44. The third-order valence-electron chi connectivity index (χ3n) is 5.24. The highest BCUT2D eigenvalue weighted by Gasteiger charge is 2.31. The highest BCUT2D eigenvalue weighted by molar-refractivity contribution is 6.44. The number of amides is 1. The normalized spacial score (nSPS) is 15.4. The molecule has 0 saturated carbocycles. The molecule has 1 aromatic heterocycles. The summed E-state index contributed by atoms with van der Waals surface area (Å²) in [5.74, 6) is -0.773. The maximum absolute atomic E-state index is 12.7. The van der Waals surface area contributed by atoms with E-state index in [1.54, 1.807) is 12.3 Å². The Kier molecular flexibility index (Phi) is 5.24. The summed E-state index contributed by atoms with van der Waals surface area (Å²) in [6, 6.07) is 11.8. The third kappa shape index (κ3) is 4.03. The number of piperidine rings is 1. The number of H-pyrrole nitrogens is 1. The molecule has 1 fully saturated rings. The van der Waals surface area contributed by atoms with Gasteiger partial charge in [-0.25, -0.2) is 0 Å². The first-order chi connectivity index (χ1) is 14.3. The van der Waals surface area contributed by atoms with Gasteiger partial charge in [0, 0.05) is 43.0 Å². The number of carbonyl (C=O) groups excluding carboxylic acids is 2. The van der Waals surface area contributed by atoms with Gasteiger partial charge in [0.15, 0.2) is 0 Å². The number of alkyl halides is 3. The van der Waals surface area contributed by atoms with E-state index in [1.165, 1.54) is 17.0 Å². The van der Waals surface area contributed by atoms with Crippen molar-refractivity contribution in [3.05, 3.63) is 65.9 Å². The van der Waals surface area contributed by atoms with E-state index in [4.69, 9.17) is 4.74 Å². The summed E-state index contributed by atoms with van der Waals surface area (Å²) in [7, 11) is 0. The summed E-state index contributed by atoms with van der Waals surface area (Å²) >= 11 is 0. The number of ether oxygens (including phenoxy) is 1. The number of likely N-dealkylation sites (tertiary alicyclic amines) is 1. The Morgan fingerprint density at radius 3 is 2.33 bits per heavy atom. The molecule has 0 atom stereocenters. The van der Waals surface area contributed by atoms with Crippen LogP contribution in [-0.2, 0) is 11.0 Å². The number of hydrogen-bond donors (Lipinski definition) is 1. The van der Waals surface area contributed by atoms with E-state index in [1.807, 2.05) is 18.2 Å². The molecule has 0 unspecified atom stereocenters. The number of para-hydroxylation sites is 1. The first kappa shape index (κ1) is 20.0. The van der Waals surface area contributed by atoms with Crippen molar-refractivity contribution in [3.63, 3.8) is 0 Å². The molecule has 4 rings (SSSR count). The summed E-state index contributed by atoms with van der Waals surface area (Å²) in [5.41, 5.74) is 0.405. The Labute approximate surface area is 170 Å². The number of nitrogens with zero attached hydrogens (tertiary/aromatic N) is 1. The van der Waals surface area contributed by atoms with Gasteiger partial charge in [0.1, 0.15) is 11.9 Å². The number of hydrogen-bond acceptors (Lipinski definition) is 3. The molecule has 30 heavy (non-hydrogen) atoms. The Bertz CT molecular complexity index is 1070. The number of benzene rings is 2. The second-order valence-corrected chi connectivity index (χ2v) is 7.21. The Morgan fingerprint density at radius 2 is 1.67 bits per heavy atom. The highest BCUT2D eigenvalue weighted by atomic mass is 19.4. The Balaban J connectivity index is 1.35. The highest BCUT2D eigenvalue weighted by Crippen LogP contribution is 2.31. The van der Waals surface area contributed by atoms with E-state index in [0.29, 0.717) is 42.6 Å². The maximum Gasteiger partial charge on any atom is 0.416 e. The number of nitrogens with one attached hydrogen (secondary N) is 1. The fourth-order valence-electron chi connectivity index (χ4n) is 3.61. The van der Waals surface area contributed by atoms with Gasteiger partial charge in [0.25, 0.3) is 11.7 Å². The van der Waals surface area contributed by atoms with Crippen LogP contribution in [0.3, 0.4) is 0 Å². The third-order valence-corrected chi connectivity index (χ3v) is 5.24. The van der Waals surface area contributed by atoms with Crippen LogP contribution in [0.15, 0.2) is 54.7 Å². The number of aromatic nitrogens is 1. The number of carbonyl (C=O) groups is 2. The van der Waals surface area contributed by atoms with Crippen LogP contribution in [0.25, 0.3) is 10.9 Å². The van der Waals surface area contributed by atoms with Crippen LogP contribution in [0.5, 0.6) is 5.75 Å². The number of fused-ring (bicyclic) bond motifs is 1. The fourth-order valence-corrected chi connectivity index (χ4v) is 3.61. The van der Waals surface area contributed by atoms with Crippen LogP contribution in [-0.4, -0.2) is 40.8 Å². The van der Waals surface area contributed by atoms with Crippen molar-refractivity contribution in [1.29, 1.82) is 0 Å². The molecule has 156 valence electrons. The molecule has 2 aromatic carbocycles. The molecule has 0 spiro atoms. The van der Waals surface area contributed by atoms with E-state index >= 15 is 0 Å². The van der Waals surface area contributed by atoms with E-state index in [-0.39, 0.29) is 6.10 Å². The molecule has 1 aliphatic rings. The van der Waals surface area contributed by atoms with Crippen molar-refractivity contribution in [2.75, 3.05) is 13.1 Å². The van der Waals surface area contributed by atoms with Crippen molar-refractivity contribution in [1.82, 2.24) is 9.88 Å². The lowest BCUT2D eigenvalue weighted by atomic mass is 10.0. The zero-order valence-electron chi connectivity index (χ0n) is 15.9. The fraction of sp³-hybridized carbons (Fsp3) is 0.273. The van der Waals surface area contributed by atoms with Crippen LogP contribution in [0.4, 0.5) is 13.2 Å². The van der Waals surface area contributed by atoms with E-state index in [9.17, 15) is 22.8 Å². The van der Waals surface area contributed by atoms with Gasteiger partial charge in [0.2, 0.25) is 0 Å². The standard InChI is InChI=1S/C22H19F3N2O3/c23-22(24,25)14-5-7-15(8-6-14)30-16-9-11-27(12-10-16)21(29)20(28)18-13-26-19-4-2-1-3-17(18)19/h1-8,13,16,26H,9-12H2. The van der Waals surface area contributed by atoms with Crippen molar-refractivity contribution >= 4 is 22.6 Å². The average molecular weight is 416 g/mol. The summed E-state index contributed by atoms with van der Waals surface area (Å²) in [5, 5.41) is 0.705. The quantitative estimate of drug-likeness (QED) is 0.505. The van der Waals surface area contributed by atoms with Gasteiger partial charge in [-0.1, -0.05) is 18.2 Å². The molecule has 1 saturated heterocycles. The van der Waals surface area contributed by atoms with Crippen molar-refractivity contribution in [2.24, 2.45) is 0 Å². The SMILES string of the molecule is O=C(C(=O)N1CCC(Oc2ccc(C(F)(F)F)cc2)CC1)c1c[nH]c2ccccc12. The van der Waals surface area contributed by atoms with Crippen molar-refractivity contribution in [3.8, 4) is 5.75 Å². The second-order valence-electron chi connectivity index (χ2n) is 7.21. The zero-order chi connectivity index (χ0) is 21.3. The lowest BCUT2D eigenvalue weighted by Crippen LogP contribution is -2.44. The Morgan fingerprint density at radius 1 is 1.00 bits per heavy atom. The first-order valence-corrected chi connectivity index (χ1v) is 9.56. The van der Waals surface area contributed by atoms with Crippen LogP contribution < -0.4 is 4.74 Å². The van der Waals surface area contributed by atoms with Crippen LogP contribution in [0, 0.1) is 0 Å².